The van der Waals surface area contributed by atoms with Crippen LogP contribution in [0.15, 0.2) is 50.2 Å². The predicted octanol–water partition coefficient (Wildman–Crippen LogP) is 4.82. The van der Waals surface area contributed by atoms with Gasteiger partial charge in [0.15, 0.2) is 5.78 Å². The monoisotopic (exact) mass is 421 g/mol. The molecule has 25 heavy (non-hydrogen) atoms. The summed E-state index contributed by atoms with van der Waals surface area (Å²) in [6.07, 6.45) is 0. The second-order valence-corrected chi connectivity index (χ2v) is 8.38. The van der Waals surface area contributed by atoms with Crippen molar-refractivity contribution >= 4 is 48.4 Å². The number of sulfonamides is 1. The Labute approximate surface area is 154 Å². The number of Topliss-reactive ketones (excluding diaryl/α,β-unsaturated/α-hetero) is 1. The lowest BCUT2D eigenvalue weighted by Gasteiger charge is -2.09. The summed E-state index contributed by atoms with van der Waals surface area (Å²) in [5.74, 6) is 0.364. The van der Waals surface area contributed by atoms with E-state index < -0.39 is 10.0 Å². The second kappa shape index (κ2) is 6.31. The number of hydrogen-bond acceptors (Lipinski definition) is 4. The molecular weight excluding hydrogens is 406 g/mol. The Bertz CT molecular complexity index is 1080. The molecule has 7 heteroatoms. The average molecular weight is 422 g/mol. The Hall–Kier alpha value is -2.12. The summed E-state index contributed by atoms with van der Waals surface area (Å²) >= 11 is 3.38. The molecule has 0 amide bonds. The van der Waals surface area contributed by atoms with Crippen molar-refractivity contribution in [2.75, 3.05) is 4.72 Å². The number of carbonyl (C=O) groups is 1. The number of halogens is 1. The fourth-order valence-corrected chi connectivity index (χ4v) is 4.29. The van der Waals surface area contributed by atoms with Crippen LogP contribution in [0.4, 0.5) is 5.69 Å². The molecule has 0 aliphatic rings. The first-order valence-electron chi connectivity index (χ1n) is 7.52. The predicted molar refractivity (Wildman–Crippen MR) is 101 cm³/mol. The van der Waals surface area contributed by atoms with Crippen LogP contribution in [0.25, 0.3) is 11.0 Å². The summed E-state index contributed by atoms with van der Waals surface area (Å²) in [7, 11) is -3.73. The number of fused-ring (bicyclic) bond motifs is 1. The molecule has 0 spiro atoms. The van der Waals surface area contributed by atoms with Gasteiger partial charge in [-0.2, -0.15) is 0 Å². The van der Waals surface area contributed by atoms with Crippen molar-refractivity contribution in [3.63, 3.8) is 0 Å². The van der Waals surface area contributed by atoms with Crippen LogP contribution in [-0.2, 0) is 10.0 Å². The SMILES string of the molecule is CC(=O)c1c(C)oc2c(Br)cc(NS(=O)(=O)c3ccc(C)cc3)cc12. The lowest BCUT2D eigenvalue weighted by molar-refractivity contribution is 0.101. The third-order valence-corrected chi connectivity index (χ3v) is 5.84. The van der Waals surface area contributed by atoms with E-state index in [4.69, 9.17) is 4.42 Å². The minimum absolute atomic E-state index is 0.137. The molecule has 130 valence electrons. The fraction of sp³-hybridized carbons (Fsp3) is 0.167. The van der Waals surface area contributed by atoms with Crippen LogP contribution in [0.1, 0.15) is 28.6 Å². The molecule has 0 unspecified atom stereocenters. The molecule has 5 nitrogen and oxygen atoms in total. The van der Waals surface area contributed by atoms with E-state index >= 15 is 0 Å². The van der Waals surface area contributed by atoms with Gasteiger partial charge in [0.1, 0.15) is 11.3 Å². The number of nitrogens with one attached hydrogen (secondary N) is 1. The van der Waals surface area contributed by atoms with E-state index in [0.29, 0.717) is 32.5 Å². The highest BCUT2D eigenvalue weighted by Gasteiger charge is 2.20. The molecule has 0 aliphatic heterocycles. The molecular formula is C18H16BrNO4S. The molecule has 0 atom stereocenters. The molecule has 1 heterocycles. The van der Waals surface area contributed by atoms with Gasteiger partial charge in [0.25, 0.3) is 10.0 Å². The zero-order valence-electron chi connectivity index (χ0n) is 13.9. The highest BCUT2D eigenvalue weighted by Crippen LogP contribution is 2.35. The zero-order chi connectivity index (χ0) is 18.4. The number of hydrogen-bond donors (Lipinski definition) is 1. The minimum atomic E-state index is -3.73. The van der Waals surface area contributed by atoms with Crippen LogP contribution in [-0.4, -0.2) is 14.2 Å². The first kappa shape index (κ1) is 17.7. The van der Waals surface area contributed by atoms with Gasteiger partial charge in [-0.3, -0.25) is 9.52 Å². The van der Waals surface area contributed by atoms with Crippen LogP contribution in [0.5, 0.6) is 0 Å². The van der Waals surface area contributed by atoms with Crippen LogP contribution in [0, 0.1) is 13.8 Å². The van der Waals surface area contributed by atoms with Gasteiger partial charge in [-0.05, 0) is 61.0 Å². The molecule has 3 aromatic rings. The van der Waals surface area contributed by atoms with Crippen LogP contribution >= 0.6 is 15.9 Å². The first-order chi connectivity index (χ1) is 11.7. The number of aryl methyl sites for hydroxylation is 2. The number of carbonyl (C=O) groups excluding carboxylic acids is 1. The Balaban J connectivity index is 2.09. The van der Waals surface area contributed by atoms with E-state index in [1.54, 1.807) is 43.3 Å². The average Bonchev–Trinajstić information content (AvgIpc) is 2.84. The molecule has 1 N–H and O–H groups in total. The van der Waals surface area contributed by atoms with Gasteiger partial charge in [-0.25, -0.2) is 8.42 Å². The lowest BCUT2D eigenvalue weighted by atomic mass is 10.1. The normalized spacial score (nSPS) is 11.7. The minimum Gasteiger partial charge on any atom is -0.459 e. The number of furan rings is 1. The number of rotatable bonds is 4. The van der Waals surface area contributed by atoms with Gasteiger partial charge in [0.05, 0.1) is 20.6 Å². The van der Waals surface area contributed by atoms with Gasteiger partial charge in [0.2, 0.25) is 0 Å². The Kier molecular flexibility index (Phi) is 4.47. The topological polar surface area (TPSA) is 76.4 Å². The van der Waals surface area contributed by atoms with Crippen molar-refractivity contribution in [2.45, 2.75) is 25.7 Å². The summed E-state index contributed by atoms with van der Waals surface area (Å²) < 4.78 is 33.9. The van der Waals surface area contributed by atoms with E-state index in [1.165, 1.54) is 6.92 Å². The molecule has 0 saturated heterocycles. The van der Waals surface area contributed by atoms with Crippen LogP contribution in [0.2, 0.25) is 0 Å². The highest BCUT2D eigenvalue weighted by molar-refractivity contribution is 9.10. The van der Waals surface area contributed by atoms with Crippen molar-refractivity contribution in [3.05, 3.63) is 57.8 Å². The smallest absolute Gasteiger partial charge is 0.261 e. The molecule has 0 aliphatic carbocycles. The zero-order valence-corrected chi connectivity index (χ0v) is 16.3. The Morgan fingerprint density at radius 2 is 1.76 bits per heavy atom. The second-order valence-electron chi connectivity index (χ2n) is 5.84. The number of ketones is 1. The van der Waals surface area contributed by atoms with Crippen LogP contribution < -0.4 is 4.72 Å². The van der Waals surface area contributed by atoms with E-state index in [0.717, 1.165) is 5.56 Å². The summed E-state index contributed by atoms with van der Waals surface area (Å²) in [5.41, 5.74) is 2.29. The van der Waals surface area contributed by atoms with Crippen molar-refractivity contribution in [1.82, 2.24) is 0 Å². The summed E-state index contributed by atoms with van der Waals surface area (Å²) in [5, 5.41) is 0.570. The standard InChI is InChI=1S/C18H16BrNO4S/c1-10-4-6-14(7-5-10)25(22,23)20-13-8-15-17(11(2)21)12(3)24-18(15)16(19)9-13/h4-9,20H,1-3H3. The first-order valence-corrected chi connectivity index (χ1v) is 9.80. The van der Waals surface area contributed by atoms with Crippen molar-refractivity contribution in [1.29, 1.82) is 0 Å². The maximum atomic E-state index is 12.6. The quantitative estimate of drug-likeness (QED) is 0.612. The van der Waals surface area contributed by atoms with Gasteiger partial charge in [0, 0.05) is 5.39 Å². The molecule has 2 aromatic carbocycles. The summed E-state index contributed by atoms with van der Waals surface area (Å²) in [6.45, 7) is 5.05. The summed E-state index contributed by atoms with van der Waals surface area (Å²) in [4.78, 5) is 12.1. The Morgan fingerprint density at radius 1 is 1.12 bits per heavy atom. The fourth-order valence-electron chi connectivity index (χ4n) is 2.70. The van der Waals surface area contributed by atoms with Gasteiger partial charge >= 0.3 is 0 Å². The molecule has 0 saturated carbocycles. The molecule has 0 bridgehead atoms. The third-order valence-electron chi connectivity index (χ3n) is 3.86. The molecule has 0 radical (unpaired) electrons. The largest absolute Gasteiger partial charge is 0.459 e. The van der Waals surface area contributed by atoms with E-state index in [-0.39, 0.29) is 10.7 Å². The van der Waals surface area contributed by atoms with Gasteiger partial charge in [-0.15, -0.1) is 0 Å². The number of benzene rings is 2. The molecule has 0 fully saturated rings. The Morgan fingerprint density at radius 3 is 2.36 bits per heavy atom. The maximum Gasteiger partial charge on any atom is 0.261 e. The van der Waals surface area contributed by atoms with Crippen LogP contribution in [0.3, 0.4) is 0 Å². The van der Waals surface area contributed by atoms with E-state index in [2.05, 4.69) is 20.7 Å². The highest BCUT2D eigenvalue weighted by atomic mass is 79.9. The molecule has 3 rings (SSSR count). The van der Waals surface area contributed by atoms with Gasteiger partial charge < -0.3 is 4.42 Å². The third kappa shape index (κ3) is 3.34. The molecule has 1 aromatic heterocycles. The van der Waals surface area contributed by atoms with E-state index in [1.807, 2.05) is 6.92 Å². The summed E-state index contributed by atoms with van der Waals surface area (Å²) in [6, 6.07) is 9.80. The van der Waals surface area contributed by atoms with Crippen molar-refractivity contribution in [2.24, 2.45) is 0 Å². The maximum absolute atomic E-state index is 12.6. The van der Waals surface area contributed by atoms with Crippen molar-refractivity contribution in [3.8, 4) is 0 Å². The lowest BCUT2D eigenvalue weighted by Crippen LogP contribution is -2.13. The number of anilines is 1. The van der Waals surface area contributed by atoms with E-state index in [9.17, 15) is 13.2 Å². The van der Waals surface area contributed by atoms with Gasteiger partial charge in [-0.1, -0.05) is 17.7 Å². The van der Waals surface area contributed by atoms with Crippen molar-refractivity contribution < 1.29 is 17.6 Å².